The van der Waals surface area contributed by atoms with Crippen molar-refractivity contribution < 1.29 is 9.53 Å². The zero-order valence-corrected chi connectivity index (χ0v) is 12.7. The van der Waals surface area contributed by atoms with Gasteiger partial charge in [-0.25, -0.2) is 4.98 Å². The van der Waals surface area contributed by atoms with Crippen LogP contribution in [0.3, 0.4) is 0 Å². The minimum Gasteiger partial charge on any atom is -0.383 e. The lowest BCUT2D eigenvalue weighted by Gasteiger charge is -2.10. The molecule has 6 heteroatoms. The van der Waals surface area contributed by atoms with E-state index in [1.165, 1.54) is 7.11 Å². The largest absolute Gasteiger partial charge is 0.383 e. The van der Waals surface area contributed by atoms with Crippen LogP contribution in [0.2, 0.25) is 0 Å². The summed E-state index contributed by atoms with van der Waals surface area (Å²) in [6.45, 7) is 0.745. The highest BCUT2D eigenvalue weighted by Gasteiger charge is 2.12. The van der Waals surface area contributed by atoms with Gasteiger partial charge in [0.2, 0.25) is 5.91 Å². The van der Waals surface area contributed by atoms with Gasteiger partial charge in [0.15, 0.2) is 0 Å². The molecule has 0 aliphatic carbocycles. The van der Waals surface area contributed by atoms with Gasteiger partial charge < -0.3 is 15.8 Å². The summed E-state index contributed by atoms with van der Waals surface area (Å²) in [7, 11) is 1.52. The molecule has 0 radical (unpaired) electrons. The maximum absolute atomic E-state index is 11.6. The lowest BCUT2D eigenvalue weighted by molar-refractivity contribution is -0.123. The van der Waals surface area contributed by atoms with Gasteiger partial charge >= 0.3 is 0 Å². The molecule has 1 atom stereocenters. The molecule has 0 saturated heterocycles. The van der Waals surface area contributed by atoms with Gasteiger partial charge in [0.05, 0.1) is 12.3 Å². The molecule has 0 spiro atoms. The smallest absolute Gasteiger partial charge is 0.239 e. The van der Waals surface area contributed by atoms with Crippen LogP contribution in [0.4, 0.5) is 0 Å². The molecule has 0 fully saturated rings. The lowest BCUT2D eigenvalue weighted by atomic mass is 10.2. The fourth-order valence-corrected chi connectivity index (χ4v) is 2.70. The average Bonchev–Trinajstić information content (AvgIpc) is 2.97. The number of thiazole rings is 1. The monoisotopic (exact) mass is 305 g/mol. The fraction of sp³-hybridized carbons (Fsp3) is 0.333. The highest BCUT2D eigenvalue weighted by atomic mass is 32.1. The maximum atomic E-state index is 11.6. The molecule has 3 N–H and O–H groups in total. The molecular formula is C15H19N3O2S. The second-order valence-electron chi connectivity index (χ2n) is 4.61. The Kier molecular flexibility index (Phi) is 5.86. The van der Waals surface area contributed by atoms with E-state index >= 15 is 0 Å². The zero-order chi connectivity index (χ0) is 15.1. The maximum Gasteiger partial charge on any atom is 0.239 e. The SMILES string of the molecule is COCC(N)C(=O)NCCc1csc(-c2ccccc2)n1. The Morgan fingerprint density at radius 1 is 1.43 bits per heavy atom. The van der Waals surface area contributed by atoms with Gasteiger partial charge in [-0.1, -0.05) is 30.3 Å². The van der Waals surface area contributed by atoms with Crippen molar-refractivity contribution in [2.24, 2.45) is 5.73 Å². The highest BCUT2D eigenvalue weighted by molar-refractivity contribution is 7.13. The Balaban J connectivity index is 1.82. The predicted molar refractivity (Wildman–Crippen MR) is 84.1 cm³/mol. The molecule has 0 saturated carbocycles. The van der Waals surface area contributed by atoms with Gasteiger partial charge in [0.25, 0.3) is 0 Å². The van der Waals surface area contributed by atoms with E-state index in [1.807, 2.05) is 35.7 Å². The number of methoxy groups -OCH3 is 1. The summed E-state index contributed by atoms with van der Waals surface area (Å²) in [4.78, 5) is 16.2. The number of ether oxygens (including phenoxy) is 1. The van der Waals surface area contributed by atoms with Crippen LogP contribution in [0, 0.1) is 0 Å². The van der Waals surface area contributed by atoms with Gasteiger partial charge in [0, 0.05) is 31.0 Å². The first-order valence-electron chi connectivity index (χ1n) is 6.72. The average molecular weight is 305 g/mol. The van der Waals surface area contributed by atoms with Crippen molar-refractivity contribution in [1.29, 1.82) is 0 Å². The lowest BCUT2D eigenvalue weighted by Crippen LogP contribution is -2.44. The van der Waals surface area contributed by atoms with Crippen LogP contribution in [0.5, 0.6) is 0 Å². The van der Waals surface area contributed by atoms with Gasteiger partial charge in [-0.05, 0) is 0 Å². The number of nitrogens with zero attached hydrogens (tertiary/aromatic N) is 1. The van der Waals surface area contributed by atoms with Crippen LogP contribution in [-0.4, -0.2) is 37.2 Å². The molecule has 2 aromatic rings. The Hall–Kier alpha value is -1.76. The minimum atomic E-state index is -0.620. The standard InChI is InChI=1S/C15H19N3O2S/c1-20-9-13(16)14(19)17-8-7-12-10-21-15(18-12)11-5-3-2-4-6-11/h2-6,10,13H,7-9,16H2,1H3,(H,17,19). The third-order valence-corrected chi connectivity index (χ3v) is 3.88. The summed E-state index contributed by atoms with van der Waals surface area (Å²) in [5, 5.41) is 5.80. The first kappa shape index (κ1) is 15.6. The fourth-order valence-electron chi connectivity index (χ4n) is 1.84. The van der Waals surface area contributed by atoms with Gasteiger partial charge in [0.1, 0.15) is 11.0 Å². The summed E-state index contributed by atoms with van der Waals surface area (Å²) in [6.07, 6.45) is 0.689. The molecule has 21 heavy (non-hydrogen) atoms. The van der Waals surface area contributed by atoms with E-state index in [1.54, 1.807) is 11.3 Å². The van der Waals surface area contributed by atoms with Crippen molar-refractivity contribution in [3.8, 4) is 10.6 Å². The molecule has 0 aliphatic heterocycles. The van der Waals surface area contributed by atoms with Crippen LogP contribution in [0.15, 0.2) is 35.7 Å². The summed E-state index contributed by atoms with van der Waals surface area (Å²) >= 11 is 1.61. The molecule has 1 aromatic heterocycles. The molecule has 1 unspecified atom stereocenters. The van der Waals surface area contributed by atoms with E-state index in [0.717, 1.165) is 16.3 Å². The molecule has 0 aliphatic rings. The second-order valence-corrected chi connectivity index (χ2v) is 5.47. The van der Waals surface area contributed by atoms with Crippen LogP contribution < -0.4 is 11.1 Å². The predicted octanol–water partition coefficient (Wildman–Crippen LogP) is 1.44. The van der Waals surface area contributed by atoms with E-state index < -0.39 is 6.04 Å². The third kappa shape index (κ3) is 4.63. The number of hydrogen-bond acceptors (Lipinski definition) is 5. The van der Waals surface area contributed by atoms with E-state index in [2.05, 4.69) is 10.3 Å². The molecular weight excluding hydrogens is 286 g/mol. The van der Waals surface area contributed by atoms with Gasteiger partial charge in [-0.3, -0.25) is 4.79 Å². The number of nitrogens with two attached hydrogens (primary N) is 1. The van der Waals surface area contributed by atoms with Crippen molar-refractivity contribution in [2.75, 3.05) is 20.3 Å². The summed E-state index contributed by atoms with van der Waals surface area (Å²) in [5.41, 5.74) is 7.72. The number of hydrogen-bond donors (Lipinski definition) is 2. The number of nitrogens with one attached hydrogen (secondary N) is 1. The normalized spacial score (nSPS) is 12.1. The zero-order valence-electron chi connectivity index (χ0n) is 11.9. The van der Waals surface area contributed by atoms with Crippen LogP contribution in [-0.2, 0) is 16.0 Å². The number of aromatic nitrogens is 1. The highest BCUT2D eigenvalue weighted by Crippen LogP contribution is 2.23. The first-order valence-corrected chi connectivity index (χ1v) is 7.60. The number of rotatable bonds is 7. The van der Waals surface area contributed by atoms with E-state index in [-0.39, 0.29) is 12.5 Å². The van der Waals surface area contributed by atoms with Crippen LogP contribution in [0.1, 0.15) is 5.69 Å². The molecule has 1 amide bonds. The number of amides is 1. The molecule has 112 valence electrons. The van der Waals surface area contributed by atoms with Crippen LogP contribution in [0.25, 0.3) is 10.6 Å². The quantitative estimate of drug-likeness (QED) is 0.811. The summed E-state index contributed by atoms with van der Waals surface area (Å²) in [6, 6.07) is 9.42. The minimum absolute atomic E-state index is 0.199. The number of carbonyl (C=O) groups is 1. The molecule has 2 rings (SSSR count). The molecule has 5 nitrogen and oxygen atoms in total. The van der Waals surface area contributed by atoms with E-state index in [0.29, 0.717) is 13.0 Å². The second kappa shape index (κ2) is 7.87. The van der Waals surface area contributed by atoms with Crippen molar-refractivity contribution in [3.63, 3.8) is 0 Å². The first-order chi connectivity index (χ1) is 10.2. The van der Waals surface area contributed by atoms with Crippen molar-refractivity contribution in [2.45, 2.75) is 12.5 Å². The number of carbonyl (C=O) groups excluding carboxylic acids is 1. The van der Waals surface area contributed by atoms with E-state index in [4.69, 9.17) is 10.5 Å². The Morgan fingerprint density at radius 3 is 2.90 bits per heavy atom. The Bertz CT molecular complexity index is 571. The van der Waals surface area contributed by atoms with Crippen molar-refractivity contribution in [3.05, 3.63) is 41.4 Å². The van der Waals surface area contributed by atoms with Crippen LogP contribution >= 0.6 is 11.3 Å². The van der Waals surface area contributed by atoms with Crippen molar-refractivity contribution >= 4 is 17.2 Å². The summed E-state index contributed by atoms with van der Waals surface area (Å²) in [5.74, 6) is -0.199. The molecule has 1 heterocycles. The van der Waals surface area contributed by atoms with Gasteiger partial charge in [-0.15, -0.1) is 11.3 Å². The van der Waals surface area contributed by atoms with Crippen molar-refractivity contribution in [1.82, 2.24) is 10.3 Å². The van der Waals surface area contributed by atoms with Gasteiger partial charge in [-0.2, -0.15) is 0 Å². The number of benzene rings is 1. The summed E-state index contributed by atoms with van der Waals surface area (Å²) < 4.78 is 4.85. The topological polar surface area (TPSA) is 77.2 Å². The molecule has 0 bridgehead atoms. The third-order valence-electron chi connectivity index (χ3n) is 2.94. The Morgan fingerprint density at radius 2 is 2.19 bits per heavy atom. The molecule has 1 aromatic carbocycles. The van der Waals surface area contributed by atoms with E-state index in [9.17, 15) is 4.79 Å². The Labute approximate surface area is 128 Å².